The lowest BCUT2D eigenvalue weighted by Gasteiger charge is -2.20. The number of hydrogen-bond donors (Lipinski definition) is 0. The molecular formula is C18H18BrNO. The molecule has 2 aromatic rings. The third-order valence-electron chi connectivity index (χ3n) is 3.32. The average molecular weight is 344 g/mol. The van der Waals surface area contributed by atoms with Gasteiger partial charge in [-0.05, 0) is 47.7 Å². The lowest BCUT2D eigenvalue weighted by molar-refractivity contribution is 0.476. The molecule has 0 saturated carbocycles. The maximum absolute atomic E-state index is 9.19. The van der Waals surface area contributed by atoms with E-state index in [2.05, 4.69) is 54.9 Å². The van der Waals surface area contributed by atoms with E-state index < -0.39 is 0 Å². The van der Waals surface area contributed by atoms with Gasteiger partial charge in [0.1, 0.15) is 17.6 Å². The van der Waals surface area contributed by atoms with Gasteiger partial charge >= 0.3 is 0 Å². The van der Waals surface area contributed by atoms with Gasteiger partial charge in [-0.1, -0.05) is 48.8 Å². The van der Waals surface area contributed by atoms with Crippen molar-refractivity contribution in [1.82, 2.24) is 0 Å². The van der Waals surface area contributed by atoms with E-state index in [1.165, 1.54) is 5.56 Å². The van der Waals surface area contributed by atoms with Gasteiger partial charge in [-0.3, -0.25) is 0 Å². The van der Waals surface area contributed by atoms with Crippen LogP contribution in [0.3, 0.4) is 0 Å². The van der Waals surface area contributed by atoms with Crippen LogP contribution in [0.2, 0.25) is 0 Å². The molecule has 0 spiro atoms. The van der Waals surface area contributed by atoms with Crippen molar-refractivity contribution in [2.24, 2.45) is 0 Å². The molecule has 0 saturated heterocycles. The molecule has 0 aliphatic rings. The summed E-state index contributed by atoms with van der Waals surface area (Å²) in [7, 11) is 0. The Kier molecular flexibility index (Phi) is 4.39. The predicted octanol–water partition coefficient (Wildman–Crippen LogP) is 5.72. The van der Waals surface area contributed by atoms with Gasteiger partial charge in [0, 0.05) is 4.47 Å². The van der Waals surface area contributed by atoms with E-state index in [1.54, 1.807) is 12.1 Å². The second-order valence-electron chi connectivity index (χ2n) is 6.08. The molecule has 0 heterocycles. The van der Waals surface area contributed by atoms with Crippen LogP contribution in [-0.4, -0.2) is 0 Å². The van der Waals surface area contributed by atoms with Crippen molar-refractivity contribution in [1.29, 1.82) is 5.26 Å². The Morgan fingerprint density at radius 1 is 1.05 bits per heavy atom. The van der Waals surface area contributed by atoms with Crippen LogP contribution in [-0.2, 0) is 5.41 Å². The number of rotatable bonds is 2. The highest BCUT2D eigenvalue weighted by Gasteiger charge is 2.15. The summed E-state index contributed by atoms with van der Waals surface area (Å²) in [5.41, 5.74) is 2.96. The summed E-state index contributed by atoms with van der Waals surface area (Å²) in [5, 5.41) is 9.19. The molecule has 0 N–H and O–H groups in total. The molecule has 0 bridgehead atoms. The quantitative estimate of drug-likeness (QED) is 0.698. The lowest BCUT2D eigenvalue weighted by Crippen LogP contribution is -2.11. The molecule has 0 radical (unpaired) electrons. The highest BCUT2D eigenvalue weighted by Crippen LogP contribution is 2.32. The van der Waals surface area contributed by atoms with E-state index in [4.69, 9.17) is 4.74 Å². The van der Waals surface area contributed by atoms with Crippen LogP contribution in [0.15, 0.2) is 40.9 Å². The van der Waals surface area contributed by atoms with Crippen LogP contribution in [0.5, 0.6) is 11.5 Å². The van der Waals surface area contributed by atoms with Crippen molar-refractivity contribution < 1.29 is 4.74 Å². The first-order valence-corrected chi connectivity index (χ1v) is 7.59. The number of hydrogen-bond acceptors (Lipinski definition) is 2. The fraction of sp³-hybridized carbons (Fsp3) is 0.278. The lowest BCUT2D eigenvalue weighted by atomic mass is 9.86. The van der Waals surface area contributed by atoms with Gasteiger partial charge in [0.25, 0.3) is 0 Å². The first kappa shape index (κ1) is 15.6. The normalized spacial score (nSPS) is 11.0. The molecule has 0 unspecified atom stereocenters. The number of nitriles is 1. The standard InChI is InChI=1S/C18H18BrNO/c1-12-9-14(18(2,3)4)5-7-16(12)21-17-8-6-15(19)10-13(17)11-20/h5-10H,1-4H3. The number of nitrogens with zero attached hydrogens (tertiary/aromatic N) is 1. The summed E-state index contributed by atoms with van der Waals surface area (Å²) in [6.07, 6.45) is 0. The number of halogens is 1. The van der Waals surface area contributed by atoms with Gasteiger partial charge in [-0.2, -0.15) is 5.26 Å². The zero-order chi connectivity index (χ0) is 15.6. The SMILES string of the molecule is Cc1cc(C(C)(C)C)ccc1Oc1ccc(Br)cc1C#N. The number of ether oxygens (including phenoxy) is 1. The fourth-order valence-electron chi connectivity index (χ4n) is 2.03. The van der Waals surface area contributed by atoms with Crippen LogP contribution >= 0.6 is 15.9 Å². The Labute approximate surface area is 134 Å². The topological polar surface area (TPSA) is 33.0 Å². The second kappa shape index (κ2) is 5.91. The third-order valence-corrected chi connectivity index (χ3v) is 3.82. The Morgan fingerprint density at radius 3 is 2.29 bits per heavy atom. The van der Waals surface area contributed by atoms with Crippen LogP contribution in [0, 0.1) is 18.3 Å². The zero-order valence-corrected chi connectivity index (χ0v) is 14.3. The van der Waals surface area contributed by atoms with Crippen molar-refractivity contribution in [3.63, 3.8) is 0 Å². The molecule has 108 valence electrons. The number of aryl methyl sites for hydroxylation is 1. The van der Waals surface area contributed by atoms with E-state index in [9.17, 15) is 5.26 Å². The molecule has 0 atom stereocenters. The summed E-state index contributed by atoms with van der Waals surface area (Å²) >= 11 is 3.36. The van der Waals surface area contributed by atoms with Crippen molar-refractivity contribution >= 4 is 15.9 Å². The second-order valence-corrected chi connectivity index (χ2v) is 7.00. The first-order valence-electron chi connectivity index (χ1n) is 6.80. The fourth-order valence-corrected chi connectivity index (χ4v) is 2.39. The van der Waals surface area contributed by atoms with E-state index in [0.29, 0.717) is 11.3 Å². The van der Waals surface area contributed by atoms with Crippen LogP contribution < -0.4 is 4.74 Å². The van der Waals surface area contributed by atoms with Crippen molar-refractivity contribution in [2.45, 2.75) is 33.1 Å². The van der Waals surface area contributed by atoms with Gasteiger partial charge < -0.3 is 4.74 Å². The summed E-state index contributed by atoms with van der Waals surface area (Å²) in [6.45, 7) is 8.58. The molecule has 0 aliphatic heterocycles. The van der Waals surface area contributed by atoms with Crippen LogP contribution in [0.25, 0.3) is 0 Å². The van der Waals surface area contributed by atoms with E-state index >= 15 is 0 Å². The molecular weight excluding hydrogens is 326 g/mol. The summed E-state index contributed by atoms with van der Waals surface area (Å²) < 4.78 is 6.78. The van der Waals surface area contributed by atoms with Gasteiger partial charge in [0.05, 0.1) is 5.56 Å². The Bertz CT molecular complexity index is 708. The molecule has 0 fully saturated rings. The summed E-state index contributed by atoms with van der Waals surface area (Å²) in [4.78, 5) is 0. The molecule has 0 aliphatic carbocycles. The van der Waals surface area contributed by atoms with Crippen LogP contribution in [0.1, 0.15) is 37.5 Å². The molecule has 0 amide bonds. The first-order chi connectivity index (χ1) is 9.81. The summed E-state index contributed by atoms with van der Waals surface area (Å²) in [5.74, 6) is 1.36. The maximum Gasteiger partial charge on any atom is 0.145 e. The van der Waals surface area contributed by atoms with Gasteiger partial charge in [0.15, 0.2) is 0 Å². The minimum absolute atomic E-state index is 0.110. The van der Waals surface area contributed by atoms with Crippen LogP contribution in [0.4, 0.5) is 0 Å². The minimum atomic E-state index is 0.110. The van der Waals surface area contributed by atoms with Crippen molar-refractivity contribution in [2.75, 3.05) is 0 Å². The van der Waals surface area contributed by atoms with E-state index in [1.807, 2.05) is 19.1 Å². The Balaban J connectivity index is 2.35. The van der Waals surface area contributed by atoms with Crippen molar-refractivity contribution in [3.8, 4) is 17.6 Å². The number of benzene rings is 2. The van der Waals surface area contributed by atoms with Gasteiger partial charge in [0.2, 0.25) is 0 Å². The molecule has 2 rings (SSSR count). The maximum atomic E-state index is 9.19. The molecule has 3 heteroatoms. The zero-order valence-electron chi connectivity index (χ0n) is 12.7. The molecule has 0 aromatic heterocycles. The smallest absolute Gasteiger partial charge is 0.145 e. The monoisotopic (exact) mass is 343 g/mol. The Hall–Kier alpha value is -1.79. The molecule has 2 nitrogen and oxygen atoms in total. The Morgan fingerprint density at radius 2 is 1.71 bits per heavy atom. The van der Waals surface area contributed by atoms with Gasteiger partial charge in [-0.25, -0.2) is 0 Å². The highest BCUT2D eigenvalue weighted by molar-refractivity contribution is 9.10. The van der Waals surface area contributed by atoms with E-state index in [-0.39, 0.29) is 5.41 Å². The molecule has 21 heavy (non-hydrogen) atoms. The minimum Gasteiger partial charge on any atom is -0.456 e. The highest BCUT2D eigenvalue weighted by atomic mass is 79.9. The largest absolute Gasteiger partial charge is 0.456 e. The summed E-state index contributed by atoms with van der Waals surface area (Å²) in [6, 6.07) is 13.8. The van der Waals surface area contributed by atoms with E-state index in [0.717, 1.165) is 15.8 Å². The van der Waals surface area contributed by atoms with Gasteiger partial charge in [-0.15, -0.1) is 0 Å². The third kappa shape index (κ3) is 3.65. The average Bonchev–Trinajstić information content (AvgIpc) is 2.41. The van der Waals surface area contributed by atoms with Crippen molar-refractivity contribution in [3.05, 3.63) is 57.6 Å². The molecule has 2 aromatic carbocycles. The predicted molar refractivity (Wildman–Crippen MR) is 88.8 cm³/mol.